The van der Waals surface area contributed by atoms with E-state index in [9.17, 15) is 0 Å². The minimum atomic E-state index is 0.412. The molecule has 1 heterocycles. The maximum absolute atomic E-state index is 5.67. The molecule has 0 aliphatic carbocycles. The van der Waals surface area contributed by atoms with Crippen molar-refractivity contribution < 1.29 is 0 Å². The quantitative estimate of drug-likeness (QED) is 0.582. The molecule has 0 saturated heterocycles. The van der Waals surface area contributed by atoms with Crippen molar-refractivity contribution in [2.75, 3.05) is 5.88 Å². The molecule has 0 spiro atoms. The van der Waals surface area contributed by atoms with Crippen molar-refractivity contribution in [1.29, 1.82) is 0 Å². The Morgan fingerprint density at radius 1 is 1.70 bits per heavy atom. The monoisotopic (exact) mass is 157 g/mol. The SMILES string of the molecule is Cc1ccn([C@@H](C)CCl)c1. The van der Waals surface area contributed by atoms with Crippen molar-refractivity contribution >= 4 is 11.6 Å². The van der Waals surface area contributed by atoms with E-state index in [0.717, 1.165) is 0 Å². The molecule has 0 aliphatic heterocycles. The molecule has 0 aromatic carbocycles. The van der Waals surface area contributed by atoms with Crippen molar-refractivity contribution in [3.8, 4) is 0 Å². The lowest BCUT2D eigenvalue weighted by atomic mass is 10.4. The summed E-state index contributed by atoms with van der Waals surface area (Å²) in [4.78, 5) is 0. The first kappa shape index (κ1) is 7.67. The van der Waals surface area contributed by atoms with E-state index in [1.54, 1.807) is 0 Å². The number of hydrogen-bond donors (Lipinski definition) is 0. The Morgan fingerprint density at radius 3 is 2.80 bits per heavy atom. The van der Waals surface area contributed by atoms with Gasteiger partial charge in [0.15, 0.2) is 0 Å². The van der Waals surface area contributed by atoms with Gasteiger partial charge in [0.25, 0.3) is 0 Å². The van der Waals surface area contributed by atoms with Crippen molar-refractivity contribution in [1.82, 2.24) is 4.57 Å². The number of aromatic nitrogens is 1. The van der Waals surface area contributed by atoms with E-state index in [2.05, 4.69) is 36.9 Å². The van der Waals surface area contributed by atoms with E-state index in [1.165, 1.54) is 5.56 Å². The Labute approximate surface area is 66.6 Å². The standard InChI is InChI=1S/C8H12ClN/c1-7-3-4-10(6-7)8(2)5-9/h3-4,6,8H,5H2,1-2H3/t8-/m0/s1. The van der Waals surface area contributed by atoms with Gasteiger partial charge < -0.3 is 4.57 Å². The second-order valence-corrected chi connectivity index (χ2v) is 2.95. The Hall–Kier alpha value is -0.430. The van der Waals surface area contributed by atoms with E-state index < -0.39 is 0 Å². The molecule has 56 valence electrons. The van der Waals surface area contributed by atoms with Crippen LogP contribution in [-0.4, -0.2) is 10.4 Å². The maximum atomic E-state index is 5.67. The third-order valence-corrected chi connectivity index (χ3v) is 2.04. The highest BCUT2D eigenvalue weighted by molar-refractivity contribution is 6.18. The summed E-state index contributed by atoms with van der Waals surface area (Å²) in [6, 6.07) is 2.50. The minimum absolute atomic E-state index is 0.412. The van der Waals surface area contributed by atoms with Gasteiger partial charge in [0.2, 0.25) is 0 Å². The van der Waals surface area contributed by atoms with Gasteiger partial charge in [-0.25, -0.2) is 0 Å². The summed E-state index contributed by atoms with van der Waals surface area (Å²) in [6.45, 7) is 4.18. The zero-order valence-corrected chi connectivity index (χ0v) is 7.10. The summed E-state index contributed by atoms with van der Waals surface area (Å²) in [6.07, 6.45) is 4.16. The molecule has 10 heavy (non-hydrogen) atoms. The second-order valence-electron chi connectivity index (χ2n) is 2.64. The summed E-state index contributed by atoms with van der Waals surface area (Å²) in [5.41, 5.74) is 1.29. The second kappa shape index (κ2) is 3.11. The molecule has 1 rings (SSSR count). The summed E-state index contributed by atoms with van der Waals surface area (Å²) in [7, 11) is 0. The molecule has 1 atom stereocenters. The highest BCUT2D eigenvalue weighted by atomic mass is 35.5. The Balaban J connectivity index is 2.74. The van der Waals surface area contributed by atoms with Gasteiger partial charge in [0.05, 0.1) is 0 Å². The average molecular weight is 158 g/mol. The van der Waals surface area contributed by atoms with E-state index in [4.69, 9.17) is 11.6 Å². The number of aryl methyl sites for hydroxylation is 1. The molecule has 0 radical (unpaired) electrons. The van der Waals surface area contributed by atoms with Crippen LogP contribution >= 0.6 is 11.6 Å². The number of alkyl halides is 1. The molecule has 0 fully saturated rings. The van der Waals surface area contributed by atoms with Crippen LogP contribution in [0.1, 0.15) is 18.5 Å². The number of hydrogen-bond acceptors (Lipinski definition) is 0. The van der Waals surface area contributed by atoms with Gasteiger partial charge in [0.1, 0.15) is 0 Å². The Bertz CT molecular complexity index is 205. The van der Waals surface area contributed by atoms with Crippen molar-refractivity contribution in [2.45, 2.75) is 19.9 Å². The predicted octanol–water partition coefficient (Wildman–Crippen LogP) is 2.60. The number of halogens is 1. The highest BCUT2D eigenvalue weighted by Crippen LogP contribution is 2.09. The fraction of sp³-hybridized carbons (Fsp3) is 0.500. The van der Waals surface area contributed by atoms with Gasteiger partial charge in [-0.2, -0.15) is 0 Å². The van der Waals surface area contributed by atoms with E-state index >= 15 is 0 Å². The van der Waals surface area contributed by atoms with Crippen LogP contribution in [0.15, 0.2) is 18.5 Å². The third kappa shape index (κ3) is 1.54. The van der Waals surface area contributed by atoms with Gasteiger partial charge in [-0.05, 0) is 25.5 Å². The summed E-state index contributed by atoms with van der Waals surface area (Å²) in [5.74, 6) is 0.675. The van der Waals surface area contributed by atoms with Crippen molar-refractivity contribution in [3.05, 3.63) is 24.0 Å². The van der Waals surface area contributed by atoms with Crippen LogP contribution in [0.5, 0.6) is 0 Å². The van der Waals surface area contributed by atoms with Crippen LogP contribution < -0.4 is 0 Å². The molecule has 0 amide bonds. The largest absolute Gasteiger partial charge is 0.350 e. The van der Waals surface area contributed by atoms with Gasteiger partial charge in [0, 0.05) is 24.3 Å². The third-order valence-electron chi connectivity index (χ3n) is 1.59. The minimum Gasteiger partial charge on any atom is -0.350 e. The van der Waals surface area contributed by atoms with Crippen LogP contribution in [0.4, 0.5) is 0 Å². The summed E-state index contributed by atoms with van der Waals surface area (Å²) in [5, 5.41) is 0. The van der Waals surface area contributed by atoms with E-state index in [-0.39, 0.29) is 0 Å². The van der Waals surface area contributed by atoms with Crippen molar-refractivity contribution in [3.63, 3.8) is 0 Å². The number of nitrogens with zero attached hydrogens (tertiary/aromatic N) is 1. The molecule has 0 bridgehead atoms. The van der Waals surface area contributed by atoms with Gasteiger partial charge in [-0.3, -0.25) is 0 Å². The molecule has 0 aliphatic rings. The lowest BCUT2D eigenvalue weighted by Gasteiger charge is -2.08. The number of rotatable bonds is 2. The molecule has 1 aromatic heterocycles. The summed E-state index contributed by atoms with van der Waals surface area (Å²) >= 11 is 5.67. The maximum Gasteiger partial charge on any atom is 0.0438 e. The molecular weight excluding hydrogens is 146 g/mol. The smallest absolute Gasteiger partial charge is 0.0438 e. The zero-order valence-electron chi connectivity index (χ0n) is 6.34. The lowest BCUT2D eigenvalue weighted by Crippen LogP contribution is -2.02. The first-order valence-electron chi connectivity index (χ1n) is 3.44. The molecule has 1 nitrogen and oxygen atoms in total. The van der Waals surface area contributed by atoms with E-state index in [1.807, 2.05) is 0 Å². The van der Waals surface area contributed by atoms with Crippen LogP contribution in [0, 0.1) is 6.92 Å². The zero-order chi connectivity index (χ0) is 7.56. The highest BCUT2D eigenvalue weighted by Gasteiger charge is 1.99. The Morgan fingerprint density at radius 2 is 2.40 bits per heavy atom. The molecule has 0 saturated carbocycles. The predicted molar refractivity (Wildman–Crippen MR) is 44.6 cm³/mol. The molecule has 0 N–H and O–H groups in total. The van der Waals surface area contributed by atoms with Crippen LogP contribution in [0.2, 0.25) is 0 Å². The molecular formula is C8H12ClN. The van der Waals surface area contributed by atoms with Gasteiger partial charge >= 0.3 is 0 Å². The summed E-state index contributed by atoms with van der Waals surface area (Å²) < 4.78 is 2.13. The van der Waals surface area contributed by atoms with Crippen LogP contribution in [0.25, 0.3) is 0 Å². The molecule has 2 heteroatoms. The fourth-order valence-corrected chi connectivity index (χ4v) is 1.04. The molecule has 1 aromatic rings. The topological polar surface area (TPSA) is 4.93 Å². The van der Waals surface area contributed by atoms with E-state index in [0.29, 0.717) is 11.9 Å². The normalized spacial score (nSPS) is 13.5. The lowest BCUT2D eigenvalue weighted by molar-refractivity contribution is 0.609. The molecule has 0 unspecified atom stereocenters. The van der Waals surface area contributed by atoms with Crippen molar-refractivity contribution in [2.24, 2.45) is 0 Å². The van der Waals surface area contributed by atoms with Crippen LogP contribution in [0.3, 0.4) is 0 Å². The van der Waals surface area contributed by atoms with Gasteiger partial charge in [-0.1, -0.05) is 0 Å². The fourth-order valence-electron chi connectivity index (χ4n) is 0.879. The first-order chi connectivity index (χ1) is 4.74. The average Bonchev–Trinajstić information content (AvgIpc) is 2.34. The Kier molecular flexibility index (Phi) is 2.39. The first-order valence-corrected chi connectivity index (χ1v) is 3.97. The van der Waals surface area contributed by atoms with Gasteiger partial charge in [-0.15, -0.1) is 11.6 Å². The van der Waals surface area contributed by atoms with Crippen LogP contribution in [-0.2, 0) is 0 Å².